The molecule has 0 fully saturated rings. The third kappa shape index (κ3) is 2.25. The first-order valence-electron chi connectivity index (χ1n) is 5.83. The van der Waals surface area contributed by atoms with Crippen LogP contribution in [-0.4, -0.2) is 9.55 Å². The normalized spacial score (nSPS) is 11.2. The highest BCUT2D eigenvalue weighted by molar-refractivity contribution is 9.10. The van der Waals surface area contributed by atoms with E-state index < -0.39 is 0 Å². The summed E-state index contributed by atoms with van der Waals surface area (Å²) in [7, 11) is 0. The number of hydrogen-bond acceptors (Lipinski definition) is 1. The molecule has 0 radical (unpaired) electrons. The fraction of sp³-hybridized carbons (Fsp3) is 0.0714. The summed E-state index contributed by atoms with van der Waals surface area (Å²) in [6.45, 7) is 1.87. The van der Waals surface area contributed by atoms with E-state index in [4.69, 9.17) is 12.2 Å². The lowest BCUT2D eigenvalue weighted by Crippen LogP contribution is -1.98. The van der Waals surface area contributed by atoms with E-state index in [9.17, 15) is 4.39 Å². The Labute approximate surface area is 136 Å². The summed E-state index contributed by atoms with van der Waals surface area (Å²) in [5.41, 5.74) is 3.58. The van der Waals surface area contributed by atoms with Crippen molar-refractivity contribution in [3.63, 3.8) is 0 Å². The van der Waals surface area contributed by atoms with Gasteiger partial charge in [-0.05, 0) is 71.0 Å². The molecular weight excluding hydrogens is 407 g/mol. The van der Waals surface area contributed by atoms with Gasteiger partial charge in [0.1, 0.15) is 5.82 Å². The minimum absolute atomic E-state index is 0.277. The quantitative estimate of drug-likeness (QED) is 0.508. The molecule has 0 aliphatic heterocycles. The van der Waals surface area contributed by atoms with Gasteiger partial charge in [0, 0.05) is 4.47 Å². The average Bonchev–Trinajstić information content (AvgIpc) is 2.69. The fourth-order valence-corrected chi connectivity index (χ4v) is 3.20. The highest BCUT2D eigenvalue weighted by atomic mass is 79.9. The Hall–Kier alpha value is -0.980. The molecule has 20 heavy (non-hydrogen) atoms. The van der Waals surface area contributed by atoms with Crippen molar-refractivity contribution in [3.8, 4) is 5.69 Å². The van der Waals surface area contributed by atoms with E-state index in [0.29, 0.717) is 9.24 Å². The molecule has 0 aliphatic carbocycles. The van der Waals surface area contributed by atoms with E-state index in [1.54, 1.807) is 6.07 Å². The molecule has 0 spiro atoms. The van der Waals surface area contributed by atoms with Crippen LogP contribution in [0.15, 0.2) is 39.3 Å². The number of nitrogens with one attached hydrogen (secondary N) is 1. The zero-order chi connectivity index (χ0) is 14.4. The Morgan fingerprint density at radius 2 is 1.95 bits per heavy atom. The zero-order valence-corrected chi connectivity index (χ0v) is 14.4. The van der Waals surface area contributed by atoms with Gasteiger partial charge in [-0.1, -0.05) is 15.9 Å². The SMILES string of the molecule is Cc1cc(F)c(Br)cc1-n1c(=S)[nH]c2cc(Br)ccc21. The molecule has 3 aromatic rings. The monoisotopic (exact) mass is 414 g/mol. The van der Waals surface area contributed by atoms with Crippen LogP contribution in [0.25, 0.3) is 16.7 Å². The molecule has 1 aromatic heterocycles. The van der Waals surface area contributed by atoms with Crippen molar-refractivity contribution in [2.75, 3.05) is 0 Å². The van der Waals surface area contributed by atoms with E-state index in [0.717, 1.165) is 26.8 Å². The summed E-state index contributed by atoms with van der Waals surface area (Å²) >= 11 is 12.1. The third-order valence-electron chi connectivity index (χ3n) is 3.12. The van der Waals surface area contributed by atoms with Crippen molar-refractivity contribution in [1.82, 2.24) is 9.55 Å². The summed E-state index contributed by atoms with van der Waals surface area (Å²) in [6, 6.07) is 9.14. The number of fused-ring (bicyclic) bond motifs is 1. The van der Waals surface area contributed by atoms with Crippen LogP contribution in [0, 0.1) is 17.5 Å². The molecule has 102 valence electrons. The van der Waals surface area contributed by atoms with Gasteiger partial charge in [0.15, 0.2) is 4.77 Å². The number of H-pyrrole nitrogens is 1. The van der Waals surface area contributed by atoms with Gasteiger partial charge < -0.3 is 4.98 Å². The van der Waals surface area contributed by atoms with Gasteiger partial charge in [-0.2, -0.15) is 0 Å². The minimum atomic E-state index is -0.277. The maximum absolute atomic E-state index is 13.6. The molecule has 2 aromatic carbocycles. The van der Waals surface area contributed by atoms with Crippen molar-refractivity contribution in [2.24, 2.45) is 0 Å². The lowest BCUT2D eigenvalue weighted by atomic mass is 10.2. The maximum atomic E-state index is 13.6. The number of imidazole rings is 1. The Kier molecular flexibility index (Phi) is 3.56. The van der Waals surface area contributed by atoms with Crippen LogP contribution in [0.2, 0.25) is 0 Å². The molecule has 0 atom stereocenters. The molecule has 6 heteroatoms. The average molecular weight is 416 g/mol. The summed E-state index contributed by atoms with van der Waals surface area (Å²) < 4.78 is 17.5. The Morgan fingerprint density at radius 1 is 1.20 bits per heavy atom. The molecular formula is C14H9Br2FN2S. The predicted molar refractivity (Wildman–Crippen MR) is 88.6 cm³/mol. The first kappa shape index (κ1) is 14.0. The number of benzene rings is 2. The Morgan fingerprint density at radius 3 is 2.70 bits per heavy atom. The van der Waals surface area contributed by atoms with Gasteiger partial charge >= 0.3 is 0 Å². The van der Waals surface area contributed by atoms with Crippen molar-refractivity contribution >= 4 is 55.1 Å². The second-order valence-corrected chi connectivity index (χ2v) is 6.64. The van der Waals surface area contributed by atoms with Crippen molar-refractivity contribution in [2.45, 2.75) is 6.92 Å². The second kappa shape index (κ2) is 5.09. The van der Waals surface area contributed by atoms with Gasteiger partial charge in [-0.3, -0.25) is 4.57 Å². The van der Waals surface area contributed by atoms with Gasteiger partial charge in [-0.15, -0.1) is 0 Å². The molecule has 3 rings (SSSR count). The number of halogens is 3. The van der Waals surface area contributed by atoms with Gasteiger partial charge in [0.2, 0.25) is 0 Å². The minimum Gasteiger partial charge on any atom is -0.330 e. The van der Waals surface area contributed by atoms with Crippen LogP contribution in [0.4, 0.5) is 4.39 Å². The molecule has 0 bridgehead atoms. The van der Waals surface area contributed by atoms with Crippen LogP contribution in [-0.2, 0) is 0 Å². The largest absolute Gasteiger partial charge is 0.330 e. The van der Waals surface area contributed by atoms with Gasteiger partial charge in [0.25, 0.3) is 0 Å². The molecule has 0 aliphatic rings. The maximum Gasteiger partial charge on any atom is 0.182 e. The van der Waals surface area contributed by atoms with E-state index in [-0.39, 0.29) is 5.82 Å². The summed E-state index contributed by atoms with van der Waals surface area (Å²) in [5.74, 6) is -0.277. The molecule has 0 saturated carbocycles. The number of aromatic amines is 1. The number of aryl methyl sites for hydroxylation is 1. The first-order chi connectivity index (χ1) is 9.47. The second-order valence-electron chi connectivity index (χ2n) is 4.48. The van der Waals surface area contributed by atoms with Crippen LogP contribution in [0.3, 0.4) is 0 Å². The summed E-state index contributed by atoms with van der Waals surface area (Å²) in [5, 5.41) is 0. The van der Waals surface area contributed by atoms with Crippen molar-refractivity contribution < 1.29 is 4.39 Å². The number of aromatic nitrogens is 2. The van der Waals surface area contributed by atoms with E-state index in [2.05, 4.69) is 36.8 Å². The predicted octanol–water partition coefficient (Wildman–Crippen LogP) is 5.66. The van der Waals surface area contributed by atoms with Crippen LogP contribution < -0.4 is 0 Å². The fourth-order valence-electron chi connectivity index (χ4n) is 2.20. The van der Waals surface area contributed by atoms with Crippen LogP contribution >= 0.6 is 44.1 Å². The number of rotatable bonds is 1. The van der Waals surface area contributed by atoms with E-state index in [1.807, 2.05) is 29.7 Å². The standard InChI is InChI=1S/C14H9Br2FN2S/c1-7-4-10(17)9(16)6-13(7)19-12-3-2-8(15)5-11(12)18-14(19)20/h2-6H,1H3,(H,18,20). The van der Waals surface area contributed by atoms with E-state index >= 15 is 0 Å². The lowest BCUT2D eigenvalue weighted by Gasteiger charge is -2.10. The Balaban J connectivity index is 2.38. The first-order valence-corrected chi connectivity index (χ1v) is 7.83. The lowest BCUT2D eigenvalue weighted by molar-refractivity contribution is 0.619. The molecule has 1 N–H and O–H groups in total. The molecule has 0 amide bonds. The highest BCUT2D eigenvalue weighted by Crippen LogP contribution is 2.28. The topological polar surface area (TPSA) is 20.7 Å². The van der Waals surface area contributed by atoms with Gasteiger partial charge in [0.05, 0.1) is 21.2 Å². The van der Waals surface area contributed by atoms with Gasteiger partial charge in [-0.25, -0.2) is 4.39 Å². The smallest absolute Gasteiger partial charge is 0.182 e. The van der Waals surface area contributed by atoms with Crippen molar-refractivity contribution in [1.29, 1.82) is 0 Å². The Bertz CT molecular complexity index is 883. The number of nitrogens with zero attached hydrogens (tertiary/aromatic N) is 1. The molecule has 1 heterocycles. The molecule has 0 unspecified atom stereocenters. The van der Waals surface area contributed by atoms with E-state index in [1.165, 1.54) is 6.07 Å². The zero-order valence-electron chi connectivity index (χ0n) is 10.4. The summed E-state index contributed by atoms with van der Waals surface area (Å²) in [6.07, 6.45) is 0. The van der Waals surface area contributed by atoms with Crippen molar-refractivity contribution in [3.05, 3.63) is 55.4 Å². The molecule has 0 saturated heterocycles. The third-order valence-corrected chi connectivity index (χ3v) is 4.51. The van der Waals surface area contributed by atoms with Crippen LogP contribution in [0.5, 0.6) is 0 Å². The summed E-state index contributed by atoms with van der Waals surface area (Å²) in [4.78, 5) is 3.17. The van der Waals surface area contributed by atoms with Crippen LogP contribution in [0.1, 0.15) is 5.56 Å². The molecule has 2 nitrogen and oxygen atoms in total. The number of hydrogen-bond donors (Lipinski definition) is 1. The highest BCUT2D eigenvalue weighted by Gasteiger charge is 2.12.